The third-order valence-corrected chi connectivity index (χ3v) is 3.04. The molecule has 0 radical (unpaired) electrons. The minimum atomic E-state index is 0.282. The number of anilines is 1. The second kappa shape index (κ2) is 4.56. The molecule has 0 spiro atoms. The first-order chi connectivity index (χ1) is 7.72. The van der Waals surface area contributed by atoms with Gasteiger partial charge in [0.1, 0.15) is 0 Å². The van der Waals surface area contributed by atoms with Crippen molar-refractivity contribution < 1.29 is 4.79 Å². The van der Waals surface area contributed by atoms with E-state index in [-0.39, 0.29) is 11.8 Å². The van der Waals surface area contributed by atoms with Crippen molar-refractivity contribution in [1.29, 1.82) is 0 Å². The van der Waals surface area contributed by atoms with Crippen LogP contribution >= 0.6 is 0 Å². The van der Waals surface area contributed by atoms with Crippen LogP contribution in [-0.4, -0.2) is 17.4 Å². The summed E-state index contributed by atoms with van der Waals surface area (Å²) >= 11 is 0. The maximum absolute atomic E-state index is 11.9. The highest BCUT2D eigenvalue weighted by Crippen LogP contribution is 2.31. The van der Waals surface area contributed by atoms with E-state index in [9.17, 15) is 4.79 Å². The summed E-state index contributed by atoms with van der Waals surface area (Å²) in [6.07, 6.45) is 2.11. The summed E-state index contributed by atoms with van der Waals surface area (Å²) in [5.41, 5.74) is 7.69. The van der Waals surface area contributed by atoms with Gasteiger partial charge in [-0.1, -0.05) is 18.2 Å². The number of nitrogens with two attached hydrogens (primary N) is 1. The fraction of sp³-hybridized carbons (Fsp3) is 0.462. The molecule has 1 aliphatic rings. The van der Waals surface area contributed by atoms with E-state index < -0.39 is 0 Å². The average Bonchev–Trinajstić information content (AvgIpc) is 3.11. The number of para-hydroxylation sites is 1. The largest absolute Gasteiger partial charge is 0.398 e. The van der Waals surface area contributed by atoms with Gasteiger partial charge in [0, 0.05) is 24.7 Å². The molecule has 0 unspecified atom stereocenters. The Morgan fingerprint density at radius 3 is 2.69 bits per heavy atom. The molecule has 0 atom stereocenters. The Kier molecular flexibility index (Phi) is 3.13. The van der Waals surface area contributed by atoms with Crippen LogP contribution in [0.5, 0.6) is 0 Å². The summed E-state index contributed by atoms with van der Waals surface area (Å²) in [4.78, 5) is 13.8. The molecule has 16 heavy (non-hydrogen) atoms. The number of amides is 1. The lowest BCUT2D eigenvalue weighted by molar-refractivity contribution is -0.132. The van der Waals surface area contributed by atoms with Crippen LogP contribution in [-0.2, 0) is 11.3 Å². The molecule has 86 valence electrons. The highest BCUT2D eigenvalue weighted by molar-refractivity contribution is 5.81. The molecule has 0 aromatic heterocycles. The first-order valence-electron chi connectivity index (χ1n) is 5.84. The smallest absolute Gasteiger partial charge is 0.225 e. The number of nitrogens with zero attached hydrogens (tertiary/aromatic N) is 1. The van der Waals surface area contributed by atoms with Crippen LogP contribution in [0, 0.1) is 5.92 Å². The molecule has 0 saturated heterocycles. The molecule has 0 aliphatic heterocycles. The minimum absolute atomic E-state index is 0.282. The maximum atomic E-state index is 11.9. The van der Waals surface area contributed by atoms with Gasteiger partial charge in [-0.05, 0) is 31.4 Å². The molecular weight excluding hydrogens is 200 g/mol. The van der Waals surface area contributed by atoms with Crippen molar-refractivity contribution in [2.45, 2.75) is 26.3 Å². The van der Waals surface area contributed by atoms with E-state index in [0.717, 1.165) is 30.6 Å². The van der Waals surface area contributed by atoms with Gasteiger partial charge in [0.2, 0.25) is 5.91 Å². The Labute approximate surface area is 96.2 Å². The minimum Gasteiger partial charge on any atom is -0.398 e. The van der Waals surface area contributed by atoms with Crippen molar-refractivity contribution in [2.75, 3.05) is 12.3 Å². The number of benzene rings is 1. The SMILES string of the molecule is CCN(Cc1ccccc1N)C(=O)C1CC1. The normalized spacial score (nSPS) is 14.8. The van der Waals surface area contributed by atoms with Crippen LogP contribution in [0.4, 0.5) is 5.69 Å². The number of hydrogen-bond donors (Lipinski definition) is 1. The average molecular weight is 218 g/mol. The van der Waals surface area contributed by atoms with E-state index in [0.29, 0.717) is 6.54 Å². The van der Waals surface area contributed by atoms with Gasteiger partial charge >= 0.3 is 0 Å². The quantitative estimate of drug-likeness (QED) is 0.786. The zero-order valence-electron chi connectivity index (χ0n) is 9.65. The number of carbonyl (C=O) groups excluding carboxylic acids is 1. The summed E-state index contributed by atoms with van der Waals surface area (Å²) in [5, 5.41) is 0. The molecule has 3 nitrogen and oxygen atoms in total. The molecule has 1 saturated carbocycles. The van der Waals surface area contributed by atoms with Crippen molar-refractivity contribution in [3.63, 3.8) is 0 Å². The number of hydrogen-bond acceptors (Lipinski definition) is 2. The standard InChI is InChI=1S/C13H18N2O/c1-2-15(13(16)10-7-8-10)9-11-5-3-4-6-12(11)14/h3-6,10H,2,7-9,14H2,1H3. The first-order valence-corrected chi connectivity index (χ1v) is 5.84. The van der Waals surface area contributed by atoms with Gasteiger partial charge in [0.15, 0.2) is 0 Å². The zero-order valence-corrected chi connectivity index (χ0v) is 9.65. The lowest BCUT2D eigenvalue weighted by atomic mass is 10.1. The molecule has 1 fully saturated rings. The molecule has 2 rings (SSSR count). The number of nitrogen functional groups attached to an aromatic ring is 1. The maximum Gasteiger partial charge on any atom is 0.225 e. The van der Waals surface area contributed by atoms with E-state index in [4.69, 9.17) is 5.73 Å². The molecule has 3 heteroatoms. The molecule has 2 N–H and O–H groups in total. The summed E-state index contributed by atoms with van der Waals surface area (Å²) in [6.45, 7) is 3.40. The Morgan fingerprint density at radius 1 is 1.44 bits per heavy atom. The van der Waals surface area contributed by atoms with Crippen molar-refractivity contribution >= 4 is 11.6 Å². The fourth-order valence-corrected chi connectivity index (χ4v) is 1.82. The third-order valence-electron chi connectivity index (χ3n) is 3.04. The summed E-state index contributed by atoms with van der Waals surface area (Å²) in [7, 11) is 0. The Balaban J connectivity index is 2.06. The molecule has 0 bridgehead atoms. The number of carbonyl (C=O) groups is 1. The van der Waals surface area contributed by atoms with Gasteiger partial charge in [-0.2, -0.15) is 0 Å². The van der Waals surface area contributed by atoms with Gasteiger partial charge < -0.3 is 10.6 Å². The molecule has 0 heterocycles. The van der Waals surface area contributed by atoms with Crippen LogP contribution in [0.15, 0.2) is 24.3 Å². The topological polar surface area (TPSA) is 46.3 Å². The Morgan fingerprint density at radius 2 is 2.12 bits per heavy atom. The van der Waals surface area contributed by atoms with Gasteiger partial charge in [-0.25, -0.2) is 0 Å². The Bertz CT molecular complexity index is 385. The zero-order chi connectivity index (χ0) is 11.5. The van der Waals surface area contributed by atoms with Crippen LogP contribution in [0.3, 0.4) is 0 Å². The highest BCUT2D eigenvalue weighted by atomic mass is 16.2. The second-order valence-corrected chi connectivity index (χ2v) is 4.33. The highest BCUT2D eigenvalue weighted by Gasteiger charge is 2.32. The van der Waals surface area contributed by atoms with Crippen molar-refractivity contribution in [3.05, 3.63) is 29.8 Å². The molecule has 1 aromatic carbocycles. The van der Waals surface area contributed by atoms with Crippen LogP contribution in [0.2, 0.25) is 0 Å². The van der Waals surface area contributed by atoms with Gasteiger partial charge in [-0.3, -0.25) is 4.79 Å². The first kappa shape index (κ1) is 11.0. The van der Waals surface area contributed by atoms with Gasteiger partial charge in [0.05, 0.1) is 0 Å². The summed E-state index contributed by atoms with van der Waals surface area (Å²) in [6, 6.07) is 7.74. The van der Waals surface area contributed by atoms with Crippen molar-refractivity contribution in [1.82, 2.24) is 4.90 Å². The summed E-state index contributed by atoms with van der Waals surface area (Å²) < 4.78 is 0. The lowest BCUT2D eigenvalue weighted by Gasteiger charge is -2.21. The van der Waals surface area contributed by atoms with Crippen LogP contribution in [0.25, 0.3) is 0 Å². The monoisotopic (exact) mass is 218 g/mol. The molecule has 1 amide bonds. The van der Waals surface area contributed by atoms with E-state index >= 15 is 0 Å². The summed E-state index contributed by atoms with van der Waals surface area (Å²) in [5.74, 6) is 0.565. The third kappa shape index (κ3) is 2.35. The predicted molar refractivity (Wildman–Crippen MR) is 64.7 cm³/mol. The lowest BCUT2D eigenvalue weighted by Crippen LogP contribution is -2.31. The molecule has 1 aromatic rings. The van der Waals surface area contributed by atoms with Crippen molar-refractivity contribution in [2.24, 2.45) is 5.92 Å². The predicted octanol–water partition coefficient (Wildman–Crippen LogP) is 2.03. The van der Waals surface area contributed by atoms with Gasteiger partial charge in [0.25, 0.3) is 0 Å². The van der Waals surface area contributed by atoms with E-state index in [2.05, 4.69) is 0 Å². The van der Waals surface area contributed by atoms with Gasteiger partial charge in [-0.15, -0.1) is 0 Å². The van der Waals surface area contributed by atoms with Crippen LogP contribution in [0.1, 0.15) is 25.3 Å². The molecular formula is C13H18N2O. The number of rotatable bonds is 4. The fourth-order valence-electron chi connectivity index (χ4n) is 1.82. The van der Waals surface area contributed by atoms with E-state index in [1.807, 2.05) is 36.1 Å². The Hall–Kier alpha value is -1.51. The van der Waals surface area contributed by atoms with Crippen molar-refractivity contribution in [3.8, 4) is 0 Å². The molecule has 1 aliphatic carbocycles. The van der Waals surface area contributed by atoms with E-state index in [1.54, 1.807) is 0 Å². The van der Waals surface area contributed by atoms with Crippen LogP contribution < -0.4 is 5.73 Å². The second-order valence-electron chi connectivity index (χ2n) is 4.33. The van der Waals surface area contributed by atoms with E-state index in [1.165, 1.54) is 0 Å².